The monoisotopic (exact) mass is 386 g/mol. The molecule has 1 aromatic heterocycles. The molecule has 4 rings (SSSR count). The summed E-state index contributed by atoms with van der Waals surface area (Å²) in [6, 6.07) is 12.5. The second kappa shape index (κ2) is 7.10. The molecule has 1 fully saturated rings. The van der Waals surface area contributed by atoms with Crippen molar-refractivity contribution in [1.82, 2.24) is 14.9 Å². The number of halogens is 3. The van der Waals surface area contributed by atoms with Gasteiger partial charge in [0.25, 0.3) is 0 Å². The zero-order valence-electron chi connectivity index (χ0n) is 14.8. The van der Waals surface area contributed by atoms with Crippen molar-refractivity contribution < 1.29 is 18.0 Å². The van der Waals surface area contributed by atoms with Crippen LogP contribution < -0.4 is 5.32 Å². The number of aromatic nitrogens is 2. The molecule has 0 bridgehead atoms. The van der Waals surface area contributed by atoms with Gasteiger partial charge in [0.05, 0.1) is 28.8 Å². The van der Waals surface area contributed by atoms with Gasteiger partial charge >= 0.3 is 6.18 Å². The third-order valence-corrected chi connectivity index (χ3v) is 4.70. The van der Waals surface area contributed by atoms with Gasteiger partial charge < -0.3 is 10.2 Å². The van der Waals surface area contributed by atoms with Crippen LogP contribution in [0.5, 0.6) is 0 Å². The second-order valence-corrected chi connectivity index (χ2v) is 6.72. The van der Waals surface area contributed by atoms with E-state index in [-0.39, 0.29) is 30.5 Å². The fraction of sp³-hybridized carbons (Fsp3) is 0.250. The summed E-state index contributed by atoms with van der Waals surface area (Å²) in [7, 11) is 0. The summed E-state index contributed by atoms with van der Waals surface area (Å²) in [5.74, 6) is 0.345. The van der Waals surface area contributed by atoms with Crippen molar-refractivity contribution in [3.8, 4) is 0 Å². The van der Waals surface area contributed by atoms with Crippen LogP contribution >= 0.6 is 0 Å². The van der Waals surface area contributed by atoms with E-state index in [9.17, 15) is 18.0 Å². The fourth-order valence-electron chi connectivity index (χ4n) is 3.40. The molecule has 1 amide bonds. The molecule has 0 unspecified atom stereocenters. The molecule has 0 spiro atoms. The third-order valence-electron chi connectivity index (χ3n) is 4.70. The molecule has 1 atom stereocenters. The quantitative estimate of drug-likeness (QED) is 0.740. The standard InChI is InChI=1S/C20H17F3N4O/c21-20(22,23)15-6-2-1-5-13(15)11-27-12-14(9-19(27)28)25-18-10-24-16-7-3-4-8-17(16)26-18/h1-8,10,14H,9,11-12H2,(H,25,26)/t14-/m1/s1. The minimum atomic E-state index is -4.45. The summed E-state index contributed by atoms with van der Waals surface area (Å²) in [4.78, 5) is 22.5. The van der Waals surface area contributed by atoms with Crippen LogP contribution in [-0.2, 0) is 17.5 Å². The van der Waals surface area contributed by atoms with E-state index >= 15 is 0 Å². The average molecular weight is 386 g/mol. The second-order valence-electron chi connectivity index (χ2n) is 6.72. The molecule has 2 heterocycles. The van der Waals surface area contributed by atoms with Gasteiger partial charge in [-0.15, -0.1) is 0 Å². The Bertz CT molecular complexity index is 1020. The Hall–Kier alpha value is -3.16. The molecule has 1 aliphatic heterocycles. The van der Waals surface area contributed by atoms with Crippen LogP contribution in [-0.4, -0.2) is 33.4 Å². The van der Waals surface area contributed by atoms with E-state index in [1.807, 2.05) is 24.3 Å². The van der Waals surface area contributed by atoms with E-state index in [4.69, 9.17) is 0 Å². The number of carbonyl (C=O) groups is 1. The summed E-state index contributed by atoms with van der Waals surface area (Å²) in [5.41, 5.74) is 0.878. The van der Waals surface area contributed by atoms with Crippen molar-refractivity contribution in [3.63, 3.8) is 0 Å². The Kier molecular flexibility index (Phi) is 4.62. The molecule has 1 saturated heterocycles. The summed E-state index contributed by atoms with van der Waals surface area (Å²) in [6.07, 6.45) is -2.66. The predicted molar refractivity (Wildman–Crippen MR) is 98.4 cm³/mol. The normalized spacial score (nSPS) is 17.3. The zero-order valence-corrected chi connectivity index (χ0v) is 14.8. The predicted octanol–water partition coefficient (Wildman–Crippen LogP) is 3.86. The lowest BCUT2D eigenvalue weighted by Gasteiger charge is -2.20. The number of anilines is 1. The van der Waals surface area contributed by atoms with Crippen LogP contribution in [0.15, 0.2) is 54.7 Å². The zero-order chi connectivity index (χ0) is 19.7. The van der Waals surface area contributed by atoms with Gasteiger partial charge in [0, 0.05) is 19.5 Å². The van der Waals surface area contributed by atoms with Crippen molar-refractivity contribution in [1.29, 1.82) is 0 Å². The maximum Gasteiger partial charge on any atom is 0.416 e. The largest absolute Gasteiger partial charge is 0.416 e. The molecule has 1 N–H and O–H groups in total. The molecule has 28 heavy (non-hydrogen) atoms. The summed E-state index contributed by atoms with van der Waals surface area (Å²) >= 11 is 0. The van der Waals surface area contributed by atoms with Gasteiger partial charge in [-0.25, -0.2) is 4.98 Å². The first-order valence-corrected chi connectivity index (χ1v) is 8.81. The molecule has 1 aliphatic rings. The molecule has 144 valence electrons. The van der Waals surface area contributed by atoms with E-state index < -0.39 is 11.7 Å². The van der Waals surface area contributed by atoms with Crippen molar-refractivity contribution in [2.45, 2.75) is 25.2 Å². The SMILES string of the molecule is O=C1C[C@@H](Nc2cnc3ccccc3n2)CN1Cc1ccccc1C(F)(F)F. The maximum atomic E-state index is 13.2. The van der Waals surface area contributed by atoms with Crippen LogP contribution in [0.1, 0.15) is 17.5 Å². The first-order chi connectivity index (χ1) is 13.4. The van der Waals surface area contributed by atoms with Crippen molar-refractivity contribution in [2.75, 3.05) is 11.9 Å². The van der Waals surface area contributed by atoms with Crippen molar-refractivity contribution >= 4 is 22.8 Å². The average Bonchev–Trinajstić information content (AvgIpc) is 3.00. The van der Waals surface area contributed by atoms with E-state index in [1.165, 1.54) is 17.0 Å². The van der Waals surface area contributed by atoms with E-state index in [0.29, 0.717) is 12.4 Å². The number of benzene rings is 2. The molecule has 3 aromatic rings. The number of likely N-dealkylation sites (tertiary alicyclic amines) is 1. The number of alkyl halides is 3. The van der Waals surface area contributed by atoms with E-state index in [1.54, 1.807) is 12.3 Å². The number of carbonyl (C=O) groups excluding carboxylic acids is 1. The summed E-state index contributed by atoms with van der Waals surface area (Å²) in [6.45, 7) is 0.232. The minimum absolute atomic E-state index is 0.0733. The topological polar surface area (TPSA) is 58.1 Å². The number of hydrogen-bond donors (Lipinski definition) is 1. The molecular weight excluding hydrogens is 369 g/mol. The first-order valence-electron chi connectivity index (χ1n) is 8.81. The molecule has 5 nitrogen and oxygen atoms in total. The number of fused-ring (bicyclic) bond motifs is 1. The number of nitrogens with zero attached hydrogens (tertiary/aromatic N) is 3. The van der Waals surface area contributed by atoms with Crippen LogP contribution in [0.2, 0.25) is 0 Å². The molecule has 2 aromatic carbocycles. The Morgan fingerprint density at radius 2 is 1.79 bits per heavy atom. The van der Waals surface area contributed by atoms with Gasteiger partial charge in [0.15, 0.2) is 0 Å². The highest BCUT2D eigenvalue weighted by Gasteiger charge is 2.35. The number of amides is 1. The van der Waals surface area contributed by atoms with Crippen molar-refractivity contribution in [2.24, 2.45) is 0 Å². The molecule has 8 heteroatoms. The lowest BCUT2D eigenvalue weighted by molar-refractivity contribution is -0.139. The summed E-state index contributed by atoms with van der Waals surface area (Å²) < 4.78 is 39.5. The minimum Gasteiger partial charge on any atom is -0.364 e. The Balaban J connectivity index is 1.47. The molecule has 0 aliphatic carbocycles. The van der Waals surface area contributed by atoms with Crippen LogP contribution in [0.4, 0.5) is 19.0 Å². The van der Waals surface area contributed by atoms with Gasteiger partial charge in [-0.3, -0.25) is 9.78 Å². The maximum absolute atomic E-state index is 13.2. The summed E-state index contributed by atoms with van der Waals surface area (Å²) in [5, 5.41) is 3.17. The number of para-hydroxylation sites is 2. The Morgan fingerprint density at radius 3 is 2.57 bits per heavy atom. The van der Waals surface area contributed by atoms with Gasteiger partial charge in [0.2, 0.25) is 5.91 Å². The third kappa shape index (κ3) is 3.76. The highest BCUT2D eigenvalue weighted by Crippen LogP contribution is 2.33. The Morgan fingerprint density at radius 1 is 1.07 bits per heavy atom. The molecule has 0 radical (unpaired) electrons. The highest BCUT2D eigenvalue weighted by atomic mass is 19.4. The van der Waals surface area contributed by atoms with Gasteiger partial charge in [-0.1, -0.05) is 30.3 Å². The lowest BCUT2D eigenvalue weighted by Crippen LogP contribution is -2.28. The van der Waals surface area contributed by atoms with Gasteiger partial charge in [0.1, 0.15) is 5.82 Å². The molecule has 0 saturated carbocycles. The van der Waals surface area contributed by atoms with E-state index in [0.717, 1.165) is 17.1 Å². The number of rotatable bonds is 4. The lowest BCUT2D eigenvalue weighted by atomic mass is 10.1. The van der Waals surface area contributed by atoms with Gasteiger partial charge in [-0.05, 0) is 23.8 Å². The van der Waals surface area contributed by atoms with Crippen LogP contribution in [0, 0.1) is 0 Å². The van der Waals surface area contributed by atoms with Crippen molar-refractivity contribution in [3.05, 3.63) is 65.9 Å². The van der Waals surface area contributed by atoms with Crippen LogP contribution in [0.3, 0.4) is 0 Å². The molecular formula is C20H17F3N4O. The Labute approximate surface area is 159 Å². The highest BCUT2D eigenvalue weighted by molar-refractivity contribution is 5.80. The number of nitrogens with one attached hydrogen (secondary N) is 1. The first kappa shape index (κ1) is 18.2. The van der Waals surface area contributed by atoms with Gasteiger partial charge in [-0.2, -0.15) is 13.2 Å². The fourth-order valence-corrected chi connectivity index (χ4v) is 3.40. The smallest absolute Gasteiger partial charge is 0.364 e. The number of hydrogen-bond acceptors (Lipinski definition) is 4. The van der Waals surface area contributed by atoms with E-state index in [2.05, 4.69) is 15.3 Å². The van der Waals surface area contributed by atoms with Crippen LogP contribution in [0.25, 0.3) is 11.0 Å².